The summed E-state index contributed by atoms with van der Waals surface area (Å²) in [6, 6.07) is 20.1. The molecule has 0 saturated heterocycles. The minimum absolute atomic E-state index is 0.452. The Bertz CT molecular complexity index is 1160. The van der Waals surface area contributed by atoms with Crippen molar-refractivity contribution in [1.82, 2.24) is 19.5 Å². The molecule has 0 bridgehead atoms. The van der Waals surface area contributed by atoms with Gasteiger partial charge in [0.2, 0.25) is 5.95 Å². The number of aryl methyl sites for hydroxylation is 3. The van der Waals surface area contributed by atoms with E-state index in [1.165, 1.54) is 5.56 Å². The average molecular weight is 394 g/mol. The minimum atomic E-state index is 0.452. The van der Waals surface area contributed by atoms with E-state index in [0.717, 1.165) is 36.5 Å². The first kappa shape index (κ1) is 19.3. The highest BCUT2D eigenvalue weighted by Crippen LogP contribution is 2.23. The second-order valence-corrected chi connectivity index (χ2v) is 6.90. The zero-order chi connectivity index (χ0) is 20.8. The molecule has 2 aromatic heterocycles. The first-order valence-electron chi connectivity index (χ1n) is 9.95. The van der Waals surface area contributed by atoms with Crippen molar-refractivity contribution in [3.63, 3.8) is 0 Å². The number of benzene rings is 2. The van der Waals surface area contributed by atoms with Crippen molar-refractivity contribution in [2.24, 2.45) is 0 Å². The van der Waals surface area contributed by atoms with E-state index in [4.69, 9.17) is 0 Å². The summed E-state index contributed by atoms with van der Waals surface area (Å²) in [6.07, 6.45) is 7.32. The number of anilines is 2. The first-order chi connectivity index (χ1) is 14.8. The molecular weight excluding hydrogens is 372 g/mol. The minimum Gasteiger partial charge on any atom is -0.335 e. The molecule has 148 valence electrons. The number of hydrogen-bond donors (Lipinski definition) is 1. The molecule has 0 radical (unpaired) electrons. The van der Waals surface area contributed by atoms with Crippen LogP contribution >= 0.6 is 0 Å². The van der Waals surface area contributed by atoms with E-state index in [0.29, 0.717) is 17.2 Å². The molecule has 2 heterocycles. The largest absolute Gasteiger partial charge is 0.335 e. The Morgan fingerprint density at radius 1 is 1.03 bits per heavy atom. The van der Waals surface area contributed by atoms with Crippen LogP contribution in [0.2, 0.25) is 0 Å². The summed E-state index contributed by atoms with van der Waals surface area (Å²) in [5.41, 5.74) is 4.12. The van der Waals surface area contributed by atoms with Crippen molar-refractivity contribution < 1.29 is 0 Å². The van der Waals surface area contributed by atoms with Crippen LogP contribution in [0.1, 0.15) is 23.9 Å². The van der Waals surface area contributed by atoms with Crippen LogP contribution in [0.4, 0.5) is 11.6 Å². The van der Waals surface area contributed by atoms with Gasteiger partial charge in [-0.3, -0.25) is 0 Å². The lowest BCUT2D eigenvalue weighted by Crippen LogP contribution is -2.04. The van der Waals surface area contributed by atoms with Gasteiger partial charge in [0, 0.05) is 36.6 Å². The highest BCUT2D eigenvalue weighted by molar-refractivity contribution is 5.68. The van der Waals surface area contributed by atoms with Gasteiger partial charge < -0.3 is 9.88 Å². The number of aromatic nitrogens is 4. The maximum atomic E-state index is 9.39. The summed E-state index contributed by atoms with van der Waals surface area (Å²) in [5.74, 6) is 1.58. The molecule has 0 aliphatic carbocycles. The van der Waals surface area contributed by atoms with Gasteiger partial charge in [-0.1, -0.05) is 49.4 Å². The maximum absolute atomic E-state index is 9.39. The smallest absolute Gasteiger partial charge is 0.227 e. The average Bonchev–Trinajstić information content (AvgIpc) is 3.27. The number of rotatable bonds is 7. The number of hydrogen-bond acceptors (Lipinski definition) is 5. The SMILES string of the molecule is CCc1nccn1CCc1ccc(Nc2ncc(C#N)c(-c3ccccc3)n2)cc1. The van der Waals surface area contributed by atoms with Crippen LogP contribution in [0.3, 0.4) is 0 Å². The van der Waals surface area contributed by atoms with Crippen LogP contribution in [0, 0.1) is 11.3 Å². The van der Waals surface area contributed by atoms with Gasteiger partial charge in [0.15, 0.2) is 0 Å². The second-order valence-electron chi connectivity index (χ2n) is 6.90. The lowest BCUT2D eigenvalue weighted by molar-refractivity contribution is 0.656. The Hall–Kier alpha value is -3.98. The topological polar surface area (TPSA) is 79.4 Å². The van der Waals surface area contributed by atoms with Gasteiger partial charge in [-0.05, 0) is 24.1 Å². The van der Waals surface area contributed by atoms with Crippen LogP contribution in [0.15, 0.2) is 73.2 Å². The fraction of sp³-hybridized carbons (Fsp3) is 0.167. The third-order valence-electron chi connectivity index (χ3n) is 4.93. The molecule has 0 unspecified atom stereocenters. The lowest BCUT2D eigenvalue weighted by Gasteiger charge is -2.10. The predicted octanol–water partition coefficient (Wildman–Crippen LogP) is 4.76. The van der Waals surface area contributed by atoms with E-state index in [-0.39, 0.29) is 0 Å². The number of imidazole rings is 1. The molecule has 2 aromatic carbocycles. The van der Waals surface area contributed by atoms with Crippen LogP contribution in [-0.4, -0.2) is 19.5 Å². The highest BCUT2D eigenvalue weighted by Gasteiger charge is 2.09. The fourth-order valence-electron chi connectivity index (χ4n) is 3.33. The van der Waals surface area contributed by atoms with Crippen LogP contribution < -0.4 is 5.32 Å². The van der Waals surface area contributed by atoms with E-state index in [1.54, 1.807) is 6.20 Å². The van der Waals surface area contributed by atoms with E-state index < -0.39 is 0 Å². The summed E-state index contributed by atoms with van der Waals surface area (Å²) in [5, 5.41) is 12.6. The first-order valence-corrected chi connectivity index (χ1v) is 9.95. The summed E-state index contributed by atoms with van der Waals surface area (Å²) >= 11 is 0. The third kappa shape index (κ3) is 4.36. The monoisotopic (exact) mass is 394 g/mol. The molecule has 0 aliphatic rings. The molecule has 0 aliphatic heterocycles. The van der Waals surface area contributed by atoms with Crippen LogP contribution in [-0.2, 0) is 19.4 Å². The molecular formula is C24H22N6. The third-order valence-corrected chi connectivity index (χ3v) is 4.93. The number of nitrogens with zero attached hydrogens (tertiary/aromatic N) is 5. The van der Waals surface area contributed by atoms with Crippen molar-refractivity contribution in [2.45, 2.75) is 26.3 Å². The Kier molecular flexibility index (Phi) is 5.81. The molecule has 0 atom stereocenters. The number of nitrogens with one attached hydrogen (secondary N) is 1. The van der Waals surface area contributed by atoms with Crippen LogP contribution in [0.25, 0.3) is 11.3 Å². The van der Waals surface area contributed by atoms with Gasteiger partial charge in [-0.2, -0.15) is 5.26 Å². The second kappa shape index (κ2) is 9.01. The fourth-order valence-corrected chi connectivity index (χ4v) is 3.33. The van der Waals surface area contributed by atoms with Crippen molar-refractivity contribution >= 4 is 11.6 Å². The van der Waals surface area contributed by atoms with Crippen molar-refractivity contribution in [3.8, 4) is 17.3 Å². The molecule has 1 N–H and O–H groups in total. The predicted molar refractivity (Wildman–Crippen MR) is 117 cm³/mol. The highest BCUT2D eigenvalue weighted by atomic mass is 15.1. The molecule has 0 fully saturated rings. The standard InChI is InChI=1S/C24H22N6/c1-2-22-26-13-15-30(22)14-12-18-8-10-21(11-9-18)28-24-27-17-20(16-25)23(29-24)19-6-4-3-5-7-19/h3-11,13,15,17H,2,12,14H2,1H3,(H,27,28,29). The van der Waals surface area contributed by atoms with Crippen molar-refractivity contribution in [3.05, 3.63) is 90.1 Å². The van der Waals surface area contributed by atoms with E-state index in [1.807, 2.05) is 54.9 Å². The maximum Gasteiger partial charge on any atom is 0.227 e. The Morgan fingerprint density at radius 3 is 2.57 bits per heavy atom. The zero-order valence-electron chi connectivity index (χ0n) is 16.8. The summed E-state index contributed by atoms with van der Waals surface area (Å²) in [7, 11) is 0. The van der Waals surface area contributed by atoms with Crippen molar-refractivity contribution in [2.75, 3.05) is 5.32 Å². The zero-order valence-corrected chi connectivity index (χ0v) is 16.8. The molecule has 4 aromatic rings. The normalized spacial score (nSPS) is 10.5. The van der Waals surface area contributed by atoms with Gasteiger partial charge in [0.25, 0.3) is 0 Å². The van der Waals surface area contributed by atoms with Gasteiger partial charge in [-0.25, -0.2) is 15.0 Å². The molecule has 0 saturated carbocycles. The van der Waals surface area contributed by atoms with Crippen LogP contribution in [0.5, 0.6) is 0 Å². The lowest BCUT2D eigenvalue weighted by atomic mass is 10.1. The van der Waals surface area contributed by atoms with Gasteiger partial charge >= 0.3 is 0 Å². The Balaban J connectivity index is 1.46. The van der Waals surface area contributed by atoms with E-state index >= 15 is 0 Å². The molecule has 0 amide bonds. The molecule has 4 rings (SSSR count). The quantitative estimate of drug-likeness (QED) is 0.489. The Labute approximate surface area is 175 Å². The molecule has 6 nitrogen and oxygen atoms in total. The summed E-state index contributed by atoms with van der Waals surface area (Å²) in [4.78, 5) is 13.2. The van der Waals surface area contributed by atoms with Gasteiger partial charge in [0.1, 0.15) is 11.9 Å². The van der Waals surface area contributed by atoms with E-state index in [2.05, 4.69) is 50.0 Å². The molecule has 6 heteroatoms. The van der Waals surface area contributed by atoms with Gasteiger partial charge in [0.05, 0.1) is 17.5 Å². The van der Waals surface area contributed by atoms with Gasteiger partial charge in [-0.15, -0.1) is 0 Å². The molecule has 0 spiro atoms. The van der Waals surface area contributed by atoms with Crippen molar-refractivity contribution in [1.29, 1.82) is 5.26 Å². The Morgan fingerprint density at radius 2 is 1.83 bits per heavy atom. The number of nitriles is 1. The van der Waals surface area contributed by atoms with E-state index in [9.17, 15) is 5.26 Å². The summed E-state index contributed by atoms with van der Waals surface area (Å²) in [6.45, 7) is 3.03. The molecule has 30 heavy (non-hydrogen) atoms. The summed E-state index contributed by atoms with van der Waals surface area (Å²) < 4.78 is 2.20.